The Labute approximate surface area is 87.3 Å². The molecule has 0 saturated carbocycles. The second kappa shape index (κ2) is 3.91. The van der Waals surface area contributed by atoms with Gasteiger partial charge in [-0.3, -0.25) is 0 Å². The molecule has 1 heterocycles. The van der Waals surface area contributed by atoms with Gasteiger partial charge >= 0.3 is 0 Å². The lowest BCUT2D eigenvalue weighted by molar-refractivity contribution is 0.129. The summed E-state index contributed by atoms with van der Waals surface area (Å²) >= 11 is 1.79. The van der Waals surface area contributed by atoms with Gasteiger partial charge < -0.3 is 5.11 Å². The predicted octanol–water partition coefficient (Wildman–Crippen LogP) is 2.74. The van der Waals surface area contributed by atoms with Crippen molar-refractivity contribution in [3.63, 3.8) is 0 Å². The Morgan fingerprint density at radius 1 is 1.50 bits per heavy atom. The number of fused-ring (bicyclic) bond motifs is 1. The lowest BCUT2D eigenvalue weighted by Gasteiger charge is -2.16. The van der Waals surface area contributed by atoms with Crippen LogP contribution >= 0.6 is 11.8 Å². The third kappa shape index (κ3) is 1.79. The molecule has 1 N–H and O–H groups in total. The van der Waals surface area contributed by atoms with Crippen molar-refractivity contribution in [3.8, 4) is 0 Å². The molecule has 2 unspecified atom stereocenters. The zero-order chi connectivity index (χ0) is 10.1. The number of benzene rings is 1. The Hall–Kier alpha value is -0.540. The minimum absolute atomic E-state index is 0.197. The molecule has 76 valence electrons. The molecular weight excluding hydrogens is 199 g/mol. The number of rotatable bonds is 0. The van der Waals surface area contributed by atoms with Crippen LogP contribution in [-0.4, -0.2) is 10.9 Å². The van der Waals surface area contributed by atoms with E-state index in [1.165, 1.54) is 12.1 Å². The van der Waals surface area contributed by atoms with E-state index in [9.17, 15) is 9.50 Å². The van der Waals surface area contributed by atoms with Gasteiger partial charge in [-0.2, -0.15) is 11.8 Å². The van der Waals surface area contributed by atoms with Gasteiger partial charge in [0.05, 0.1) is 6.10 Å². The molecule has 1 nitrogen and oxygen atoms in total. The fraction of sp³-hybridized carbons (Fsp3) is 0.455. The van der Waals surface area contributed by atoms with Gasteiger partial charge in [-0.15, -0.1) is 0 Å². The van der Waals surface area contributed by atoms with Crippen LogP contribution in [0.5, 0.6) is 0 Å². The lowest BCUT2D eigenvalue weighted by atomic mass is 9.95. The first-order valence-electron chi connectivity index (χ1n) is 4.72. The molecule has 0 fully saturated rings. The van der Waals surface area contributed by atoms with Crippen molar-refractivity contribution in [3.05, 3.63) is 35.1 Å². The molecular formula is C11H13FOS. The minimum atomic E-state index is -0.518. The van der Waals surface area contributed by atoms with Crippen molar-refractivity contribution >= 4 is 11.8 Å². The van der Waals surface area contributed by atoms with Crippen LogP contribution in [0.4, 0.5) is 4.39 Å². The van der Waals surface area contributed by atoms with Crippen LogP contribution in [0.1, 0.15) is 24.2 Å². The zero-order valence-corrected chi connectivity index (χ0v) is 8.85. The first kappa shape index (κ1) is 9.99. The average Bonchev–Trinajstić information content (AvgIpc) is 2.30. The van der Waals surface area contributed by atoms with Crippen molar-refractivity contribution in [2.24, 2.45) is 5.92 Å². The molecule has 0 bridgehead atoms. The summed E-state index contributed by atoms with van der Waals surface area (Å²) in [5.41, 5.74) is 1.83. The maximum Gasteiger partial charge on any atom is 0.123 e. The van der Waals surface area contributed by atoms with Crippen molar-refractivity contribution in [1.29, 1.82) is 0 Å². The van der Waals surface area contributed by atoms with Gasteiger partial charge in [-0.05, 0) is 34.9 Å². The van der Waals surface area contributed by atoms with Crippen molar-refractivity contribution in [1.82, 2.24) is 0 Å². The lowest BCUT2D eigenvalue weighted by Crippen LogP contribution is -2.10. The van der Waals surface area contributed by atoms with E-state index in [2.05, 4.69) is 0 Å². The van der Waals surface area contributed by atoms with Crippen molar-refractivity contribution in [2.75, 3.05) is 5.75 Å². The highest BCUT2D eigenvalue weighted by Gasteiger charge is 2.23. The van der Waals surface area contributed by atoms with E-state index in [4.69, 9.17) is 0 Å². The maximum atomic E-state index is 13.0. The normalized spacial score (nSPS) is 26.8. The van der Waals surface area contributed by atoms with Gasteiger partial charge in [0, 0.05) is 5.75 Å². The van der Waals surface area contributed by atoms with Crippen LogP contribution in [0.3, 0.4) is 0 Å². The number of thioether (sulfide) groups is 1. The molecule has 2 rings (SSSR count). The largest absolute Gasteiger partial charge is 0.388 e. The summed E-state index contributed by atoms with van der Waals surface area (Å²) in [6, 6.07) is 4.70. The van der Waals surface area contributed by atoms with Crippen LogP contribution in [0, 0.1) is 11.7 Å². The molecule has 1 aromatic carbocycles. The highest BCUT2D eigenvalue weighted by molar-refractivity contribution is 7.98. The van der Waals surface area contributed by atoms with Gasteiger partial charge in [-0.25, -0.2) is 4.39 Å². The first-order chi connectivity index (χ1) is 6.68. The summed E-state index contributed by atoms with van der Waals surface area (Å²) in [4.78, 5) is 0. The fourth-order valence-corrected chi connectivity index (χ4v) is 2.88. The SMILES string of the molecule is CC1CSCc2ccc(F)cc2C1O. The minimum Gasteiger partial charge on any atom is -0.388 e. The van der Waals surface area contributed by atoms with Crippen LogP contribution in [0.15, 0.2) is 18.2 Å². The molecule has 0 spiro atoms. The Kier molecular flexibility index (Phi) is 2.79. The van der Waals surface area contributed by atoms with E-state index in [0.29, 0.717) is 0 Å². The summed E-state index contributed by atoms with van der Waals surface area (Å²) in [7, 11) is 0. The molecule has 0 radical (unpaired) electrons. The van der Waals surface area contributed by atoms with E-state index >= 15 is 0 Å². The second-order valence-corrected chi connectivity index (χ2v) is 4.81. The smallest absolute Gasteiger partial charge is 0.123 e. The third-order valence-electron chi connectivity index (χ3n) is 2.60. The topological polar surface area (TPSA) is 20.2 Å². The van der Waals surface area contributed by atoms with Gasteiger partial charge in [0.25, 0.3) is 0 Å². The zero-order valence-electron chi connectivity index (χ0n) is 8.03. The van der Waals surface area contributed by atoms with E-state index < -0.39 is 6.10 Å². The summed E-state index contributed by atoms with van der Waals surface area (Å²) in [6.45, 7) is 2.00. The summed E-state index contributed by atoms with van der Waals surface area (Å²) in [5, 5.41) is 9.95. The van der Waals surface area contributed by atoms with Gasteiger partial charge in [-0.1, -0.05) is 13.0 Å². The molecule has 0 aromatic heterocycles. The highest BCUT2D eigenvalue weighted by atomic mass is 32.2. The Bertz CT molecular complexity index is 340. The van der Waals surface area contributed by atoms with E-state index in [0.717, 1.165) is 22.6 Å². The number of hydrogen-bond donors (Lipinski definition) is 1. The van der Waals surface area contributed by atoms with E-state index in [1.807, 2.05) is 6.92 Å². The molecule has 0 aliphatic carbocycles. The average molecular weight is 212 g/mol. The molecule has 1 aromatic rings. The standard InChI is InChI=1S/C11H13FOS/c1-7-5-14-6-8-2-3-9(12)4-10(8)11(7)13/h2-4,7,11,13H,5-6H2,1H3. The first-order valence-corrected chi connectivity index (χ1v) is 5.88. The van der Waals surface area contributed by atoms with Gasteiger partial charge in [0.1, 0.15) is 5.82 Å². The Morgan fingerprint density at radius 3 is 3.07 bits per heavy atom. The molecule has 0 saturated heterocycles. The van der Waals surface area contributed by atoms with Crippen LogP contribution in [-0.2, 0) is 5.75 Å². The Balaban J connectivity index is 2.44. The quantitative estimate of drug-likeness (QED) is 0.713. The molecule has 14 heavy (non-hydrogen) atoms. The van der Waals surface area contributed by atoms with Crippen LogP contribution < -0.4 is 0 Å². The van der Waals surface area contributed by atoms with E-state index in [1.54, 1.807) is 17.8 Å². The second-order valence-electron chi connectivity index (χ2n) is 3.78. The van der Waals surface area contributed by atoms with E-state index in [-0.39, 0.29) is 11.7 Å². The molecule has 1 aliphatic rings. The van der Waals surface area contributed by atoms with Gasteiger partial charge in [0.2, 0.25) is 0 Å². The predicted molar refractivity (Wildman–Crippen MR) is 56.7 cm³/mol. The van der Waals surface area contributed by atoms with Crippen LogP contribution in [0.2, 0.25) is 0 Å². The number of hydrogen-bond acceptors (Lipinski definition) is 2. The monoisotopic (exact) mass is 212 g/mol. The van der Waals surface area contributed by atoms with Crippen molar-refractivity contribution in [2.45, 2.75) is 18.8 Å². The molecule has 2 atom stereocenters. The molecule has 0 amide bonds. The number of aliphatic hydroxyl groups excluding tert-OH is 1. The maximum absolute atomic E-state index is 13.0. The summed E-state index contributed by atoms with van der Waals surface area (Å²) in [6.07, 6.45) is -0.518. The van der Waals surface area contributed by atoms with Gasteiger partial charge in [0.15, 0.2) is 0 Å². The van der Waals surface area contributed by atoms with Crippen LogP contribution in [0.25, 0.3) is 0 Å². The molecule has 3 heteroatoms. The summed E-state index contributed by atoms with van der Waals surface area (Å²) in [5.74, 6) is 1.74. The highest BCUT2D eigenvalue weighted by Crippen LogP contribution is 2.34. The molecule has 1 aliphatic heterocycles. The Morgan fingerprint density at radius 2 is 2.29 bits per heavy atom. The fourth-order valence-electron chi connectivity index (χ4n) is 1.73. The number of aliphatic hydroxyl groups is 1. The number of halogens is 1. The summed E-state index contributed by atoms with van der Waals surface area (Å²) < 4.78 is 13.0. The van der Waals surface area contributed by atoms with Crippen molar-refractivity contribution < 1.29 is 9.50 Å². The third-order valence-corrected chi connectivity index (χ3v) is 3.88.